The van der Waals surface area contributed by atoms with Gasteiger partial charge in [-0.1, -0.05) is 12.1 Å². The molecule has 0 bridgehead atoms. The SMILES string of the molecule is COc1ccc(C(=O)NCC(=O)OCC(=O)c2cc(C)n(CC3COc4ccccc4O3)c2C)cc1. The predicted octanol–water partition coefficient (Wildman–Crippen LogP) is 3.11. The van der Waals surface area contributed by atoms with Crippen LogP contribution in [0.4, 0.5) is 0 Å². The maximum atomic E-state index is 12.8. The molecule has 1 N–H and O–H groups in total. The van der Waals surface area contributed by atoms with Gasteiger partial charge in [0, 0.05) is 22.5 Å². The van der Waals surface area contributed by atoms with Gasteiger partial charge in [-0.3, -0.25) is 14.4 Å². The van der Waals surface area contributed by atoms with Gasteiger partial charge < -0.3 is 28.8 Å². The van der Waals surface area contributed by atoms with Gasteiger partial charge in [-0.15, -0.1) is 0 Å². The standard InChI is InChI=1S/C27H28N2O7/c1-17-12-22(18(2)29(17)14-21-15-34-24-6-4-5-7-25(24)36-21)23(30)16-35-26(31)13-28-27(32)19-8-10-20(33-3)11-9-19/h4-12,21H,13-16H2,1-3H3,(H,28,32). The van der Waals surface area contributed by atoms with Crippen molar-refractivity contribution in [3.8, 4) is 17.2 Å². The van der Waals surface area contributed by atoms with E-state index in [4.69, 9.17) is 18.9 Å². The summed E-state index contributed by atoms with van der Waals surface area (Å²) in [6.07, 6.45) is -0.209. The van der Waals surface area contributed by atoms with Crippen molar-refractivity contribution in [1.82, 2.24) is 9.88 Å². The number of amides is 1. The number of para-hydroxylation sites is 2. The molecule has 1 amide bonds. The van der Waals surface area contributed by atoms with E-state index in [-0.39, 0.29) is 18.4 Å². The number of ketones is 1. The maximum absolute atomic E-state index is 12.8. The molecule has 0 aliphatic carbocycles. The number of aromatic nitrogens is 1. The molecule has 0 saturated carbocycles. The van der Waals surface area contributed by atoms with Gasteiger partial charge in [-0.2, -0.15) is 0 Å². The first-order valence-electron chi connectivity index (χ1n) is 11.5. The summed E-state index contributed by atoms with van der Waals surface area (Å²) >= 11 is 0. The molecule has 1 aliphatic rings. The lowest BCUT2D eigenvalue weighted by Gasteiger charge is -2.27. The largest absolute Gasteiger partial charge is 0.497 e. The van der Waals surface area contributed by atoms with Crippen LogP contribution in [0.2, 0.25) is 0 Å². The number of rotatable bonds is 9. The molecule has 2 heterocycles. The Morgan fingerprint density at radius 1 is 1.06 bits per heavy atom. The van der Waals surface area contributed by atoms with Gasteiger partial charge in [0.1, 0.15) is 18.9 Å². The number of methoxy groups -OCH3 is 1. The minimum Gasteiger partial charge on any atom is -0.497 e. The molecule has 0 saturated heterocycles. The van der Waals surface area contributed by atoms with Gasteiger partial charge in [0.15, 0.2) is 24.2 Å². The van der Waals surface area contributed by atoms with E-state index in [9.17, 15) is 14.4 Å². The molecule has 188 valence electrons. The van der Waals surface area contributed by atoms with Gasteiger partial charge in [-0.05, 0) is 56.3 Å². The van der Waals surface area contributed by atoms with Crippen LogP contribution in [0.3, 0.4) is 0 Å². The summed E-state index contributed by atoms with van der Waals surface area (Å²) in [6.45, 7) is 3.89. The summed E-state index contributed by atoms with van der Waals surface area (Å²) in [5.41, 5.74) is 2.49. The molecule has 4 rings (SSSR count). The number of fused-ring (bicyclic) bond motifs is 1. The van der Waals surface area contributed by atoms with E-state index >= 15 is 0 Å². The van der Waals surface area contributed by atoms with Crippen molar-refractivity contribution in [3.05, 3.63) is 77.1 Å². The highest BCUT2D eigenvalue weighted by molar-refractivity contribution is 6.00. The van der Waals surface area contributed by atoms with Crippen molar-refractivity contribution >= 4 is 17.7 Å². The Hall–Kier alpha value is -4.27. The Morgan fingerprint density at radius 2 is 1.78 bits per heavy atom. The Balaban J connectivity index is 1.28. The van der Waals surface area contributed by atoms with Crippen molar-refractivity contribution in [3.63, 3.8) is 0 Å². The van der Waals surface area contributed by atoms with E-state index < -0.39 is 18.5 Å². The van der Waals surface area contributed by atoms with Gasteiger partial charge >= 0.3 is 5.97 Å². The maximum Gasteiger partial charge on any atom is 0.325 e. The molecule has 1 aliphatic heterocycles. The second-order valence-corrected chi connectivity index (χ2v) is 8.39. The number of carbonyl (C=O) groups is 3. The zero-order chi connectivity index (χ0) is 25.7. The molecule has 9 nitrogen and oxygen atoms in total. The molecular weight excluding hydrogens is 464 g/mol. The number of benzene rings is 2. The fraction of sp³-hybridized carbons (Fsp3) is 0.296. The molecule has 3 aromatic rings. The third-order valence-corrected chi connectivity index (χ3v) is 5.94. The van der Waals surface area contributed by atoms with Crippen LogP contribution in [-0.4, -0.2) is 55.2 Å². The third kappa shape index (κ3) is 5.68. The monoisotopic (exact) mass is 492 g/mol. The van der Waals surface area contributed by atoms with E-state index in [1.54, 1.807) is 30.3 Å². The number of nitrogens with zero attached hydrogens (tertiary/aromatic N) is 1. The minimum absolute atomic E-state index is 0.209. The highest BCUT2D eigenvalue weighted by atomic mass is 16.6. The third-order valence-electron chi connectivity index (χ3n) is 5.94. The first kappa shape index (κ1) is 24.8. The average Bonchev–Trinajstić information content (AvgIpc) is 3.18. The normalized spacial score (nSPS) is 14.1. The quantitative estimate of drug-likeness (QED) is 0.361. The first-order valence-corrected chi connectivity index (χ1v) is 11.5. The summed E-state index contributed by atoms with van der Waals surface area (Å²) in [4.78, 5) is 37.0. The summed E-state index contributed by atoms with van der Waals surface area (Å²) in [7, 11) is 1.53. The molecule has 0 fully saturated rings. The summed E-state index contributed by atoms with van der Waals surface area (Å²) < 4.78 is 24.0. The second kappa shape index (κ2) is 11.0. The highest BCUT2D eigenvalue weighted by Gasteiger charge is 2.24. The number of aryl methyl sites for hydroxylation is 1. The van der Waals surface area contributed by atoms with Crippen LogP contribution in [0.1, 0.15) is 32.1 Å². The van der Waals surface area contributed by atoms with E-state index in [2.05, 4.69) is 5.32 Å². The van der Waals surface area contributed by atoms with Crippen LogP contribution in [0.5, 0.6) is 17.2 Å². The average molecular weight is 493 g/mol. The van der Waals surface area contributed by atoms with E-state index in [1.165, 1.54) is 7.11 Å². The Morgan fingerprint density at radius 3 is 2.50 bits per heavy atom. The summed E-state index contributed by atoms with van der Waals surface area (Å²) in [5.74, 6) is 0.571. The molecule has 1 unspecified atom stereocenters. The Labute approximate surface area is 208 Å². The van der Waals surface area contributed by atoms with Gasteiger partial charge in [0.2, 0.25) is 5.78 Å². The molecule has 1 atom stereocenters. The smallest absolute Gasteiger partial charge is 0.325 e. The lowest BCUT2D eigenvalue weighted by molar-refractivity contribution is -0.141. The minimum atomic E-state index is -0.703. The van der Waals surface area contributed by atoms with Crippen molar-refractivity contribution in [2.24, 2.45) is 0 Å². The topological polar surface area (TPSA) is 105 Å². The molecule has 0 spiro atoms. The number of esters is 1. The van der Waals surface area contributed by atoms with Gasteiger partial charge in [0.05, 0.1) is 13.7 Å². The lowest BCUT2D eigenvalue weighted by atomic mass is 10.1. The number of hydrogen-bond donors (Lipinski definition) is 1. The van der Waals surface area contributed by atoms with Gasteiger partial charge in [-0.25, -0.2) is 0 Å². The number of nitrogens with one attached hydrogen (secondary N) is 1. The number of carbonyl (C=O) groups excluding carboxylic acids is 3. The number of hydrogen-bond acceptors (Lipinski definition) is 7. The van der Waals surface area contributed by atoms with Crippen LogP contribution in [-0.2, 0) is 16.1 Å². The van der Waals surface area contributed by atoms with Crippen LogP contribution < -0.4 is 19.5 Å². The number of Topliss-reactive ketones (excluding diaryl/α,β-unsaturated/α-hetero) is 1. The molecule has 2 aromatic carbocycles. The van der Waals surface area contributed by atoms with Crippen LogP contribution in [0.25, 0.3) is 0 Å². The molecule has 1 aromatic heterocycles. The predicted molar refractivity (Wildman–Crippen MR) is 131 cm³/mol. The van der Waals surface area contributed by atoms with Crippen molar-refractivity contribution in [1.29, 1.82) is 0 Å². The molecule has 36 heavy (non-hydrogen) atoms. The van der Waals surface area contributed by atoms with Crippen molar-refractivity contribution < 1.29 is 33.3 Å². The second-order valence-electron chi connectivity index (χ2n) is 8.39. The highest BCUT2D eigenvalue weighted by Crippen LogP contribution is 2.31. The van der Waals surface area contributed by atoms with Gasteiger partial charge in [0.25, 0.3) is 5.91 Å². The van der Waals surface area contributed by atoms with Crippen molar-refractivity contribution in [2.45, 2.75) is 26.5 Å². The van der Waals surface area contributed by atoms with E-state index in [0.717, 1.165) is 11.4 Å². The fourth-order valence-electron chi connectivity index (χ4n) is 3.99. The molecular formula is C27H28N2O7. The lowest BCUT2D eigenvalue weighted by Crippen LogP contribution is -2.33. The molecule has 0 radical (unpaired) electrons. The fourth-order valence-corrected chi connectivity index (χ4v) is 3.99. The zero-order valence-electron chi connectivity index (χ0n) is 20.4. The number of ether oxygens (including phenoxy) is 4. The van der Waals surface area contributed by atoms with Crippen LogP contribution in [0.15, 0.2) is 54.6 Å². The van der Waals surface area contributed by atoms with Crippen molar-refractivity contribution in [2.75, 3.05) is 26.9 Å². The summed E-state index contributed by atoms with van der Waals surface area (Å²) in [5, 5.41) is 2.48. The Bertz CT molecular complexity index is 1260. The zero-order valence-corrected chi connectivity index (χ0v) is 20.4. The van der Waals surface area contributed by atoms with E-state index in [1.807, 2.05) is 42.7 Å². The molecule has 9 heteroatoms. The summed E-state index contributed by atoms with van der Waals surface area (Å²) in [6, 6.07) is 15.7. The van der Waals surface area contributed by atoms with Crippen LogP contribution >= 0.6 is 0 Å². The Kier molecular flexibility index (Phi) is 7.58. The van der Waals surface area contributed by atoms with Crippen LogP contribution in [0, 0.1) is 13.8 Å². The van der Waals surface area contributed by atoms with E-state index in [0.29, 0.717) is 41.5 Å². The first-order chi connectivity index (χ1) is 17.4.